The Morgan fingerprint density at radius 3 is 2.70 bits per heavy atom. The summed E-state index contributed by atoms with van der Waals surface area (Å²) in [7, 11) is 1.63. The van der Waals surface area contributed by atoms with Gasteiger partial charge >= 0.3 is 0 Å². The molecule has 0 aliphatic heterocycles. The van der Waals surface area contributed by atoms with E-state index in [1.807, 2.05) is 31.2 Å². The van der Waals surface area contributed by atoms with E-state index in [0.717, 1.165) is 17.5 Å². The number of benzene rings is 1. The molecule has 0 saturated heterocycles. The minimum Gasteiger partial charge on any atom is -0.385 e. The van der Waals surface area contributed by atoms with Crippen molar-refractivity contribution in [3.05, 3.63) is 35.4 Å². The Hall–Kier alpha value is -1.83. The molecule has 0 aliphatic rings. The summed E-state index contributed by atoms with van der Waals surface area (Å²) >= 11 is 0. The predicted molar refractivity (Wildman–Crippen MR) is 80.0 cm³/mol. The van der Waals surface area contributed by atoms with Gasteiger partial charge in [-0.25, -0.2) is 0 Å². The summed E-state index contributed by atoms with van der Waals surface area (Å²) in [4.78, 5) is 11.7. The number of nitrogens with two attached hydrogens (primary N) is 1. The molecule has 4 nitrogen and oxygen atoms in total. The van der Waals surface area contributed by atoms with Gasteiger partial charge in [0.05, 0.1) is 12.6 Å². The van der Waals surface area contributed by atoms with Gasteiger partial charge in [0.25, 0.3) is 0 Å². The van der Waals surface area contributed by atoms with Gasteiger partial charge in [0.2, 0.25) is 5.91 Å². The summed E-state index contributed by atoms with van der Waals surface area (Å²) in [6.07, 6.45) is 1.22. The predicted octanol–water partition coefficient (Wildman–Crippen LogP) is 1.60. The fourth-order valence-corrected chi connectivity index (χ4v) is 1.78. The van der Waals surface area contributed by atoms with E-state index in [4.69, 9.17) is 10.5 Å². The number of ether oxygens (including phenoxy) is 1. The zero-order chi connectivity index (χ0) is 14.8. The van der Waals surface area contributed by atoms with Crippen LogP contribution in [0.4, 0.5) is 0 Å². The fourth-order valence-electron chi connectivity index (χ4n) is 1.78. The molecule has 0 radical (unpaired) electrons. The maximum atomic E-state index is 11.7. The number of nitrogens with one attached hydrogen (secondary N) is 1. The first kappa shape index (κ1) is 16.2. The summed E-state index contributed by atoms with van der Waals surface area (Å²) in [6.45, 7) is 2.93. The Bertz CT molecular complexity index is 471. The molecule has 1 aromatic rings. The maximum absolute atomic E-state index is 11.7. The van der Waals surface area contributed by atoms with Crippen molar-refractivity contribution < 1.29 is 9.53 Å². The van der Waals surface area contributed by atoms with Gasteiger partial charge in [-0.2, -0.15) is 0 Å². The second kappa shape index (κ2) is 9.13. The third-order valence-corrected chi connectivity index (χ3v) is 2.88. The monoisotopic (exact) mass is 274 g/mol. The van der Waals surface area contributed by atoms with Crippen molar-refractivity contribution in [2.75, 3.05) is 20.3 Å². The van der Waals surface area contributed by atoms with Crippen LogP contribution < -0.4 is 11.1 Å². The molecule has 1 unspecified atom stereocenters. The van der Waals surface area contributed by atoms with Crippen molar-refractivity contribution in [1.82, 2.24) is 5.32 Å². The van der Waals surface area contributed by atoms with Gasteiger partial charge in [0, 0.05) is 25.7 Å². The zero-order valence-electron chi connectivity index (χ0n) is 12.1. The molecule has 0 bridgehead atoms. The van der Waals surface area contributed by atoms with E-state index >= 15 is 0 Å². The van der Waals surface area contributed by atoms with Gasteiger partial charge in [-0.3, -0.25) is 4.79 Å². The summed E-state index contributed by atoms with van der Waals surface area (Å²) in [5.74, 6) is 5.82. The first-order chi connectivity index (χ1) is 9.67. The molecule has 0 saturated carbocycles. The largest absolute Gasteiger partial charge is 0.385 e. The number of methoxy groups -OCH3 is 1. The lowest BCUT2D eigenvalue weighted by Crippen LogP contribution is -2.26. The van der Waals surface area contributed by atoms with E-state index in [1.165, 1.54) is 0 Å². The smallest absolute Gasteiger partial charge is 0.220 e. The normalized spacial score (nSPS) is 11.3. The highest BCUT2D eigenvalue weighted by molar-refractivity contribution is 5.76. The van der Waals surface area contributed by atoms with E-state index < -0.39 is 0 Å². The highest BCUT2D eigenvalue weighted by Crippen LogP contribution is 2.13. The van der Waals surface area contributed by atoms with Crippen molar-refractivity contribution in [2.45, 2.75) is 25.8 Å². The molecule has 0 fully saturated rings. The molecule has 0 heterocycles. The molecule has 108 valence electrons. The standard InChI is InChI=1S/C16H22N2O2/c1-13(18-16(19)6-4-12-20-2)15-9-7-14(8-10-15)5-3-11-17/h7-10,13H,4,6,11-12,17H2,1-2H3,(H,18,19). The van der Waals surface area contributed by atoms with Crippen molar-refractivity contribution in [2.24, 2.45) is 5.73 Å². The van der Waals surface area contributed by atoms with E-state index in [-0.39, 0.29) is 11.9 Å². The van der Waals surface area contributed by atoms with Gasteiger partial charge in [0.15, 0.2) is 0 Å². The molecule has 1 atom stereocenters. The van der Waals surface area contributed by atoms with Crippen LogP contribution in [0.5, 0.6) is 0 Å². The SMILES string of the molecule is COCCCC(=O)NC(C)c1ccc(C#CCN)cc1. The van der Waals surface area contributed by atoms with Gasteiger partial charge in [0.1, 0.15) is 0 Å². The minimum absolute atomic E-state index is 0.0124. The second-order valence-electron chi connectivity index (χ2n) is 4.51. The number of carbonyl (C=O) groups is 1. The van der Waals surface area contributed by atoms with Crippen LogP contribution in [0.2, 0.25) is 0 Å². The van der Waals surface area contributed by atoms with Crippen LogP contribution in [0.1, 0.15) is 36.9 Å². The molecule has 1 aromatic carbocycles. The van der Waals surface area contributed by atoms with Crippen LogP contribution in [0.25, 0.3) is 0 Å². The molecule has 0 aliphatic carbocycles. The molecule has 4 heteroatoms. The number of amides is 1. The number of hydrogen-bond acceptors (Lipinski definition) is 3. The van der Waals surface area contributed by atoms with Crippen LogP contribution in [0.3, 0.4) is 0 Å². The van der Waals surface area contributed by atoms with Crippen LogP contribution in [0, 0.1) is 11.8 Å². The van der Waals surface area contributed by atoms with Crippen LogP contribution in [-0.2, 0) is 9.53 Å². The molecule has 0 aromatic heterocycles. The number of hydrogen-bond donors (Lipinski definition) is 2. The van der Waals surface area contributed by atoms with Gasteiger partial charge < -0.3 is 15.8 Å². The lowest BCUT2D eigenvalue weighted by Gasteiger charge is -2.14. The van der Waals surface area contributed by atoms with Gasteiger partial charge in [-0.15, -0.1) is 0 Å². The molecule has 3 N–H and O–H groups in total. The molecule has 0 spiro atoms. The van der Waals surface area contributed by atoms with Crippen molar-refractivity contribution >= 4 is 5.91 Å². The topological polar surface area (TPSA) is 64.3 Å². The number of carbonyl (C=O) groups excluding carboxylic acids is 1. The highest BCUT2D eigenvalue weighted by atomic mass is 16.5. The lowest BCUT2D eigenvalue weighted by molar-refractivity contribution is -0.122. The lowest BCUT2D eigenvalue weighted by atomic mass is 10.1. The Morgan fingerprint density at radius 2 is 2.10 bits per heavy atom. The van der Waals surface area contributed by atoms with E-state index in [0.29, 0.717) is 19.6 Å². The Labute approximate surface area is 120 Å². The Balaban J connectivity index is 2.50. The van der Waals surface area contributed by atoms with E-state index in [2.05, 4.69) is 17.2 Å². The average Bonchev–Trinajstić information content (AvgIpc) is 2.46. The Kier molecular flexibility index (Phi) is 7.41. The third-order valence-electron chi connectivity index (χ3n) is 2.88. The summed E-state index contributed by atoms with van der Waals surface area (Å²) < 4.78 is 4.93. The average molecular weight is 274 g/mol. The Morgan fingerprint density at radius 1 is 1.40 bits per heavy atom. The first-order valence-electron chi connectivity index (χ1n) is 6.74. The van der Waals surface area contributed by atoms with Crippen LogP contribution in [0.15, 0.2) is 24.3 Å². The minimum atomic E-state index is -0.0124. The molecule has 1 rings (SSSR count). The van der Waals surface area contributed by atoms with Crippen LogP contribution in [-0.4, -0.2) is 26.2 Å². The van der Waals surface area contributed by atoms with Gasteiger partial charge in [-0.1, -0.05) is 24.0 Å². The highest BCUT2D eigenvalue weighted by Gasteiger charge is 2.08. The van der Waals surface area contributed by atoms with Crippen molar-refractivity contribution in [3.8, 4) is 11.8 Å². The third kappa shape index (κ3) is 5.87. The van der Waals surface area contributed by atoms with Crippen LogP contribution >= 0.6 is 0 Å². The maximum Gasteiger partial charge on any atom is 0.220 e. The molecular weight excluding hydrogens is 252 g/mol. The van der Waals surface area contributed by atoms with Gasteiger partial charge in [-0.05, 0) is 31.0 Å². The van der Waals surface area contributed by atoms with Crippen molar-refractivity contribution in [1.29, 1.82) is 0 Å². The summed E-state index contributed by atoms with van der Waals surface area (Å²) in [5.41, 5.74) is 7.32. The first-order valence-corrected chi connectivity index (χ1v) is 6.74. The fraction of sp³-hybridized carbons (Fsp3) is 0.438. The molecular formula is C16H22N2O2. The number of rotatable bonds is 6. The van der Waals surface area contributed by atoms with E-state index in [9.17, 15) is 4.79 Å². The summed E-state index contributed by atoms with van der Waals surface area (Å²) in [6, 6.07) is 7.81. The van der Waals surface area contributed by atoms with E-state index in [1.54, 1.807) is 7.11 Å². The quantitative estimate of drug-likeness (QED) is 0.612. The molecule has 1 amide bonds. The zero-order valence-corrected chi connectivity index (χ0v) is 12.1. The second-order valence-corrected chi connectivity index (χ2v) is 4.51. The molecule has 20 heavy (non-hydrogen) atoms. The van der Waals surface area contributed by atoms with Crippen molar-refractivity contribution in [3.63, 3.8) is 0 Å². The summed E-state index contributed by atoms with van der Waals surface area (Å²) in [5, 5.41) is 2.97.